The maximum absolute atomic E-state index is 13.2. The highest BCUT2D eigenvalue weighted by molar-refractivity contribution is 6.13. The first-order chi connectivity index (χ1) is 20.4. The Morgan fingerprint density at radius 2 is 0.881 bits per heavy atom. The summed E-state index contributed by atoms with van der Waals surface area (Å²) in [7, 11) is 0. The summed E-state index contributed by atoms with van der Waals surface area (Å²) in [5, 5.41) is 20.7. The number of benzene rings is 3. The van der Waals surface area contributed by atoms with Gasteiger partial charge in [-0.2, -0.15) is 0 Å². The smallest absolute Gasteiger partial charge is 0.196 e. The molecule has 0 heterocycles. The van der Waals surface area contributed by atoms with Crippen molar-refractivity contribution in [3.63, 3.8) is 0 Å². The average molecular weight is 575 g/mol. The van der Waals surface area contributed by atoms with E-state index in [0.717, 1.165) is 25.7 Å². The van der Waals surface area contributed by atoms with Crippen molar-refractivity contribution in [2.24, 2.45) is 0 Å². The van der Waals surface area contributed by atoms with Gasteiger partial charge in [0.05, 0.1) is 24.3 Å². The van der Waals surface area contributed by atoms with Crippen LogP contribution in [0.2, 0.25) is 0 Å². The van der Waals surface area contributed by atoms with Gasteiger partial charge in [0.25, 0.3) is 0 Å². The number of carbonyl (C=O) groups is 2. The van der Waals surface area contributed by atoms with Crippen molar-refractivity contribution < 1.29 is 29.3 Å². The first kappa shape index (κ1) is 32.7. The number of hydrogen-bond donors (Lipinski definition) is 2. The minimum atomic E-state index is -0.371. The molecular weight excluding hydrogens is 528 g/mol. The Morgan fingerprint density at radius 1 is 0.524 bits per heavy atom. The van der Waals surface area contributed by atoms with Crippen LogP contribution in [0.3, 0.4) is 0 Å². The molecule has 0 radical (unpaired) electrons. The van der Waals surface area contributed by atoms with E-state index in [-0.39, 0.29) is 34.2 Å². The highest BCUT2D eigenvalue weighted by atomic mass is 16.5. The Morgan fingerprint density at radius 3 is 1.26 bits per heavy atom. The van der Waals surface area contributed by atoms with Crippen LogP contribution in [-0.2, 0) is 0 Å². The first-order valence-corrected chi connectivity index (χ1v) is 15.6. The minimum absolute atomic E-state index is 0.130. The maximum atomic E-state index is 13.2. The number of aromatic hydroxyl groups is 2. The summed E-state index contributed by atoms with van der Waals surface area (Å²) >= 11 is 0. The molecule has 6 heteroatoms. The van der Waals surface area contributed by atoms with Crippen LogP contribution < -0.4 is 9.47 Å². The Hall–Kier alpha value is -3.80. The summed E-state index contributed by atoms with van der Waals surface area (Å²) in [5.41, 5.74) is 0.940. The molecule has 0 unspecified atom stereocenters. The monoisotopic (exact) mass is 574 g/mol. The van der Waals surface area contributed by atoms with E-state index in [2.05, 4.69) is 13.8 Å². The quantitative estimate of drug-likeness (QED) is 0.103. The van der Waals surface area contributed by atoms with Gasteiger partial charge in [-0.3, -0.25) is 9.59 Å². The lowest BCUT2D eigenvalue weighted by Gasteiger charge is -2.11. The van der Waals surface area contributed by atoms with Gasteiger partial charge in [0.15, 0.2) is 11.6 Å². The topological polar surface area (TPSA) is 93.1 Å². The normalized spacial score (nSPS) is 10.9. The van der Waals surface area contributed by atoms with Crippen LogP contribution in [0.5, 0.6) is 23.0 Å². The zero-order valence-corrected chi connectivity index (χ0v) is 25.2. The molecule has 6 nitrogen and oxygen atoms in total. The molecule has 0 atom stereocenters. The summed E-state index contributed by atoms with van der Waals surface area (Å²) in [5.74, 6) is 0.0644. The summed E-state index contributed by atoms with van der Waals surface area (Å²) in [6.07, 6.45) is 13.9. The third kappa shape index (κ3) is 10.2. The van der Waals surface area contributed by atoms with Crippen molar-refractivity contribution in [2.45, 2.75) is 90.9 Å². The molecule has 0 saturated heterocycles. The van der Waals surface area contributed by atoms with E-state index in [1.54, 1.807) is 48.5 Å². The molecule has 0 aliphatic rings. The van der Waals surface area contributed by atoms with Crippen LogP contribution in [0.15, 0.2) is 60.7 Å². The van der Waals surface area contributed by atoms with Crippen molar-refractivity contribution in [1.82, 2.24) is 0 Å². The highest BCUT2D eigenvalue weighted by Gasteiger charge is 2.18. The van der Waals surface area contributed by atoms with E-state index >= 15 is 0 Å². The number of phenolic OH excluding ortho intramolecular Hbond substituents is 2. The third-order valence-corrected chi connectivity index (χ3v) is 7.37. The van der Waals surface area contributed by atoms with Gasteiger partial charge in [-0.25, -0.2) is 0 Å². The van der Waals surface area contributed by atoms with Crippen LogP contribution >= 0.6 is 0 Å². The molecule has 42 heavy (non-hydrogen) atoms. The Balaban J connectivity index is 1.59. The molecule has 3 rings (SSSR count). The van der Waals surface area contributed by atoms with Crippen molar-refractivity contribution >= 4 is 11.6 Å². The molecule has 0 fully saturated rings. The van der Waals surface area contributed by atoms with E-state index in [0.29, 0.717) is 35.8 Å². The molecule has 226 valence electrons. The molecule has 0 bridgehead atoms. The van der Waals surface area contributed by atoms with Gasteiger partial charge in [-0.1, -0.05) is 102 Å². The lowest BCUT2D eigenvalue weighted by Crippen LogP contribution is -2.06. The van der Waals surface area contributed by atoms with Gasteiger partial charge in [0, 0.05) is 11.1 Å². The highest BCUT2D eigenvalue weighted by Crippen LogP contribution is 2.28. The summed E-state index contributed by atoms with van der Waals surface area (Å²) in [4.78, 5) is 26.4. The number of unbranched alkanes of at least 4 members (excludes halogenated alkanes) is 10. The molecule has 0 spiro atoms. The second kappa shape index (κ2) is 17.9. The molecule has 0 aliphatic carbocycles. The fourth-order valence-electron chi connectivity index (χ4n) is 4.80. The van der Waals surface area contributed by atoms with E-state index in [1.165, 1.54) is 63.5 Å². The van der Waals surface area contributed by atoms with Gasteiger partial charge in [0.1, 0.15) is 23.0 Å². The molecular formula is C36H46O6. The van der Waals surface area contributed by atoms with Crippen molar-refractivity contribution in [3.05, 3.63) is 82.9 Å². The fourth-order valence-corrected chi connectivity index (χ4v) is 4.80. The molecule has 0 amide bonds. The lowest BCUT2D eigenvalue weighted by molar-refractivity contribution is 0.102. The summed E-state index contributed by atoms with van der Waals surface area (Å²) in [6.45, 7) is 5.50. The van der Waals surface area contributed by atoms with E-state index in [9.17, 15) is 19.8 Å². The Bertz CT molecular complexity index is 1170. The number of carbonyl (C=O) groups excluding carboxylic acids is 2. The fraction of sp³-hybridized carbons (Fsp3) is 0.444. The van der Waals surface area contributed by atoms with E-state index in [1.807, 2.05) is 0 Å². The summed E-state index contributed by atoms with van der Waals surface area (Å²) in [6, 6.07) is 15.6. The van der Waals surface area contributed by atoms with Crippen LogP contribution in [0.4, 0.5) is 0 Å². The van der Waals surface area contributed by atoms with Crippen molar-refractivity contribution in [2.75, 3.05) is 13.2 Å². The van der Waals surface area contributed by atoms with Gasteiger partial charge < -0.3 is 19.7 Å². The van der Waals surface area contributed by atoms with Crippen LogP contribution in [0, 0.1) is 0 Å². The predicted octanol–water partition coefficient (Wildman–Crippen LogP) is 9.04. The summed E-state index contributed by atoms with van der Waals surface area (Å²) < 4.78 is 11.6. The van der Waals surface area contributed by atoms with Crippen LogP contribution in [0.1, 0.15) is 123 Å². The SMILES string of the molecule is CCCCCCCCOc1ccc(O)c(C(=O)c2ccc(C(=O)c3cc(OCCCCCCCC)ccc3O)cc2)c1. The number of phenols is 2. The standard InChI is InChI=1S/C36H46O6/c1-3-5-7-9-11-13-23-41-29-19-21-33(37)31(25-29)35(39)27-15-17-28(18-16-27)36(40)32-26-30(20-22-34(32)38)42-24-14-12-10-8-6-4-2/h15-22,25-26,37-38H,3-14,23-24H2,1-2H3. The first-order valence-electron chi connectivity index (χ1n) is 15.6. The molecule has 2 N–H and O–H groups in total. The van der Waals surface area contributed by atoms with Gasteiger partial charge in [-0.05, 0) is 49.2 Å². The number of ketones is 2. The minimum Gasteiger partial charge on any atom is -0.507 e. The van der Waals surface area contributed by atoms with Gasteiger partial charge >= 0.3 is 0 Å². The Labute approximate surface area is 250 Å². The van der Waals surface area contributed by atoms with Crippen LogP contribution in [0.25, 0.3) is 0 Å². The molecule has 3 aromatic carbocycles. The molecule has 0 aromatic heterocycles. The molecule has 0 saturated carbocycles. The van der Waals surface area contributed by atoms with Crippen molar-refractivity contribution in [3.8, 4) is 23.0 Å². The van der Waals surface area contributed by atoms with E-state index < -0.39 is 0 Å². The van der Waals surface area contributed by atoms with Gasteiger partial charge in [0.2, 0.25) is 0 Å². The molecule has 3 aromatic rings. The lowest BCUT2D eigenvalue weighted by atomic mass is 9.97. The largest absolute Gasteiger partial charge is 0.507 e. The zero-order valence-electron chi connectivity index (χ0n) is 25.2. The van der Waals surface area contributed by atoms with E-state index in [4.69, 9.17) is 9.47 Å². The number of ether oxygens (including phenoxy) is 2. The second-order valence-corrected chi connectivity index (χ2v) is 10.8. The van der Waals surface area contributed by atoms with Crippen molar-refractivity contribution in [1.29, 1.82) is 0 Å². The molecule has 0 aliphatic heterocycles. The second-order valence-electron chi connectivity index (χ2n) is 10.8. The Kier molecular flexibility index (Phi) is 13.9. The predicted molar refractivity (Wildman–Crippen MR) is 167 cm³/mol. The average Bonchev–Trinajstić information content (AvgIpc) is 3.01. The van der Waals surface area contributed by atoms with Crippen LogP contribution in [-0.4, -0.2) is 35.0 Å². The maximum Gasteiger partial charge on any atom is 0.196 e. The number of hydrogen-bond acceptors (Lipinski definition) is 6. The van der Waals surface area contributed by atoms with Gasteiger partial charge in [-0.15, -0.1) is 0 Å². The third-order valence-electron chi connectivity index (χ3n) is 7.37. The zero-order chi connectivity index (χ0) is 30.2. The number of rotatable bonds is 20.